The van der Waals surface area contributed by atoms with Gasteiger partial charge in [0.05, 0.1) is 0 Å². The summed E-state index contributed by atoms with van der Waals surface area (Å²) in [6.45, 7) is 0. The summed E-state index contributed by atoms with van der Waals surface area (Å²) in [5.41, 5.74) is 0.653. The summed E-state index contributed by atoms with van der Waals surface area (Å²) in [6, 6.07) is 4.81. The first-order chi connectivity index (χ1) is 9.88. The molecule has 0 saturated carbocycles. The quantitative estimate of drug-likeness (QED) is 0.552. The fourth-order valence-electron chi connectivity index (χ4n) is 1.50. The van der Waals surface area contributed by atoms with Crippen LogP contribution in [0.2, 0.25) is 0 Å². The number of aromatic hydroxyl groups is 1. The molecule has 7 heteroatoms. The summed E-state index contributed by atoms with van der Waals surface area (Å²) in [7, 11) is 0. The van der Waals surface area contributed by atoms with Crippen LogP contribution in [0, 0.1) is 0 Å². The van der Waals surface area contributed by atoms with Crippen LogP contribution in [0.3, 0.4) is 0 Å². The van der Waals surface area contributed by atoms with E-state index < -0.39 is 23.9 Å². The lowest BCUT2D eigenvalue weighted by molar-refractivity contribution is -0.142. The van der Waals surface area contributed by atoms with Gasteiger partial charge in [-0.15, -0.1) is 0 Å². The van der Waals surface area contributed by atoms with Crippen LogP contribution >= 0.6 is 0 Å². The van der Waals surface area contributed by atoms with E-state index in [1.165, 1.54) is 18.2 Å². The topological polar surface area (TPSA) is 124 Å². The molecule has 1 aromatic carbocycles. The van der Waals surface area contributed by atoms with Gasteiger partial charge in [-0.25, -0.2) is 4.79 Å². The Balaban J connectivity index is 2.59. The Kier molecular flexibility index (Phi) is 5.94. The van der Waals surface area contributed by atoms with E-state index in [0.29, 0.717) is 5.56 Å². The number of benzene rings is 1. The Bertz CT molecular complexity index is 549. The number of amides is 1. The summed E-state index contributed by atoms with van der Waals surface area (Å²) >= 11 is 0. The normalized spacial score (nSPS) is 12.0. The molecular weight excluding hydrogens is 278 g/mol. The average molecular weight is 293 g/mol. The van der Waals surface area contributed by atoms with Crippen molar-refractivity contribution in [2.24, 2.45) is 0 Å². The molecule has 0 aromatic heterocycles. The van der Waals surface area contributed by atoms with E-state index in [2.05, 4.69) is 5.32 Å². The number of hydrogen-bond acceptors (Lipinski definition) is 4. The lowest BCUT2D eigenvalue weighted by Crippen LogP contribution is -2.40. The molecule has 0 heterocycles. The van der Waals surface area contributed by atoms with E-state index in [4.69, 9.17) is 15.3 Å². The number of hydrogen-bond donors (Lipinski definition) is 4. The summed E-state index contributed by atoms with van der Waals surface area (Å²) in [4.78, 5) is 32.9. The number of carboxylic acid groups (broad SMARTS) is 2. The second kappa shape index (κ2) is 7.68. The molecule has 1 atom stereocenters. The first-order valence-electron chi connectivity index (χ1n) is 6.10. The van der Waals surface area contributed by atoms with Gasteiger partial charge in [0.25, 0.3) is 0 Å². The Morgan fingerprint density at radius 3 is 2.29 bits per heavy atom. The monoisotopic (exact) mass is 293 g/mol. The number of rotatable bonds is 7. The Hall–Kier alpha value is -2.83. The van der Waals surface area contributed by atoms with Gasteiger partial charge in [0, 0.05) is 12.5 Å². The minimum absolute atomic E-state index is 0.0937. The van der Waals surface area contributed by atoms with E-state index in [1.807, 2.05) is 0 Å². The summed E-state index contributed by atoms with van der Waals surface area (Å²) in [5.74, 6) is -2.96. The molecule has 0 saturated heterocycles. The maximum atomic E-state index is 11.6. The number of nitrogens with one attached hydrogen (secondary N) is 1. The number of aliphatic carboxylic acids is 2. The van der Waals surface area contributed by atoms with Crippen LogP contribution in [0.25, 0.3) is 6.08 Å². The second-order valence-corrected chi connectivity index (χ2v) is 4.26. The Morgan fingerprint density at radius 2 is 1.76 bits per heavy atom. The molecular formula is C14H15NO6. The molecule has 0 aliphatic heterocycles. The zero-order valence-corrected chi connectivity index (χ0v) is 11.0. The number of carboxylic acids is 2. The average Bonchev–Trinajstić information content (AvgIpc) is 2.42. The molecule has 1 aromatic rings. The molecule has 4 N–H and O–H groups in total. The molecule has 1 rings (SSSR count). The summed E-state index contributed by atoms with van der Waals surface area (Å²) in [6.07, 6.45) is 2.05. The Labute approximate surface area is 120 Å². The van der Waals surface area contributed by atoms with Gasteiger partial charge in [-0.05, 0) is 30.2 Å². The van der Waals surface area contributed by atoms with Crippen molar-refractivity contribution >= 4 is 23.9 Å². The van der Waals surface area contributed by atoms with E-state index in [-0.39, 0.29) is 18.6 Å². The van der Waals surface area contributed by atoms with Crippen LogP contribution < -0.4 is 5.32 Å². The molecule has 21 heavy (non-hydrogen) atoms. The predicted octanol–water partition coefficient (Wildman–Crippen LogP) is 0.840. The van der Waals surface area contributed by atoms with Gasteiger partial charge in [0.1, 0.15) is 11.8 Å². The highest BCUT2D eigenvalue weighted by Gasteiger charge is 2.19. The fourth-order valence-corrected chi connectivity index (χ4v) is 1.50. The zero-order chi connectivity index (χ0) is 15.8. The zero-order valence-electron chi connectivity index (χ0n) is 11.0. The molecule has 0 bridgehead atoms. The van der Waals surface area contributed by atoms with Gasteiger partial charge in [-0.1, -0.05) is 12.1 Å². The lowest BCUT2D eigenvalue weighted by atomic mass is 10.1. The van der Waals surface area contributed by atoms with Gasteiger partial charge in [-0.3, -0.25) is 9.59 Å². The maximum absolute atomic E-state index is 11.6. The van der Waals surface area contributed by atoms with Gasteiger partial charge in [0.2, 0.25) is 5.91 Å². The molecule has 0 spiro atoms. The minimum Gasteiger partial charge on any atom is -0.508 e. The Morgan fingerprint density at radius 1 is 1.14 bits per heavy atom. The standard InChI is InChI=1S/C14H15NO6/c16-10-4-1-9(2-5-10)3-7-12(17)15-11(14(20)21)6-8-13(18)19/h1-5,7,11,16H,6,8H2,(H,15,17)(H,18,19)(H,20,21)/b7-3+. The number of carbonyl (C=O) groups excluding carboxylic acids is 1. The third-order valence-electron chi connectivity index (χ3n) is 2.58. The van der Waals surface area contributed by atoms with E-state index in [0.717, 1.165) is 6.08 Å². The van der Waals surface area contributed by atoms with Crippen molar-refractivity contribution in [3.8, 4) is 5.75 Å². The van der Waals surface area contributed by atoms with Crippen molar-refractivity contribution in [2.45, 2.75) is 18.9 Å². The van der Waals surface area contributed by atoms with Crippen LogP contribution in [-0.2, 0) is 14.4 Å². The minimum atomic E-state index is -1.29. The van der Waals surface area contributed by atoms with Crippen LogP contribution in [0.5, 0.6) is 5.75 Å². The maximum Gasteiger partial charge on any atom is 0.326 e. The van der Waals surface area contributed by atoms with Crippen LogP contribution in [0.15, 0.2) is 30.3 Å². The largest absolute Gasteiger partial charge is 0.508 e. The molecule has 0 aliphatic carbocycles. The van der Waals surface area contributed by atoms with Gasteiger partial charge >= 0.3 is 11.9 Å². The van der Waals surface area contributed by atoms with Crippen molar-refractivity contribution < 1.29 is 29.7 Å². The van der Waals surface area contributed by atoms with Gasteiger partial charge < -0.3 is 20.6 Å². The first-order valence-corrected chi connectivity index (χ1v) is 6.10. The van der Waals surface area contributed by atoms with Crippen molar-refractivity contribution in [1.82, 2.24) is 5.32 Å². The van der Waals surface area contributed by atoms with Crippen LogP contribution in [0.4, 0.5) is 0 Å². The van der Waals surface area contributed by atoms with E-state index >= 15 is 0 Å². The highest BCUT2D eigenvalue weighted by Crippen LogP contribution is 2.10. The second-order valence-electron chi connectivity index (χ2n) is 4.26. The van der Waals surface area contributed by atoms with Crippen molar-refractivity contribution in [1.29, 1.82) is 0 Å². The van der Waals surface area contributed by atoms with Gasteiger partial charge in [0.15, 0.2) is 0 Å². The lowest BCUT2D eigenvalue weighted by Gasteiger charge is -2.11. The SMILES string of the molecule is O=C(O)CCC(NC(=O)/C=C/c1ccc(O)cc1)C(=O)O. The third kappa shape index (κ3) is 6.24. The molecule has 1 unspecified atom stereocenters. The van der Waals surface area contributed by atoms with Crippen LogP contribution in [0.1, 0.15) is 18.4 Å². The van der Waals surface area contributed by atoms with Crippen molar-refractivity contribution in [2.75, 3.05) is 0 Å². The highest BCUT2D eigenvalue weighted by molar-refractivity contribution is 5.94. The van der Waals surface area contributed by atoms with Crippen molar-refractivity contribution in [3.63, 3.8) is 0 Å². The smallest absolute Gasteiger partial charge is 0.326 e. The van der Waals surface area contributed by atoms with Crippen molar-refractivity contribution in [3.05, 3.63) is 35.9 Å². The number of phenolic OH excluding ortho intramolecular Hbond substituents is 1. The van der Waals surface area contributed by atoms with E-state index in [1.54, 1.807) is 12.1 Å². The summed E-state index contributed by atoms with van der Waals surface area (Å²) in [5, 5.41) is 28.7. The highest BCUT2D eigenvalue weighted by atomic mass is 16.4. The number of carbonyl (C=O) groups is 3. The number of phenols is 1. The summed E-state index contributed by atoms with van der Waals surface area (Å²) < 4.78 is 0. The fraction of sp³-hybridized carbons (Fsp3) is 0.214. The first kappa shape index (κ1) is 16.2. The third-order valence-corrected chi connectivity index (χ3v) is 2.58. The molecule has 0 radical (unpaired) electrons. The van der Waals surface area contributed by atoms with Crippen LogP contribution in [-0.4, -0.2) is 39.2 Å². The molecule has 0 fully saturated rings. The molecule has 1 amide bonds. The predicted molar refractivity (Wildman–Crippen MR) is 73.6 cm³/mol. The molecule has 7 nitrogen and oxygen atoms in total. The molecule has 112 valence electrons. The molecule has 0 aliphatic rings. The van der Waals surface area contributed by atoms with E-state index in [9.17, 15) is 14.4 Å². The van der Waals surface area contributed by atoms with Gasteiger partial charge in [-0.2, -0.15) is 0 Å².